The van der Waals surface area contributed by atoms with Crippen LogP contribution in [-0.4, -0.2) is 37.4 Å². The van der Waals surface area contributed by atoms with E-state index < -0.39 is 11.5 Å². The van der Waals surface area contributed by atoms with Gasteiger partial charge in [0.2, 0.25) is 17.7 Å². The molecule has 6 heteroatoms. The van der Waals surface area contributed by atoms with Gasteiger partial charge in [-0.2, -0.15) is 0 Å². The normalized spacial score (nSPS) is 13.4. The summed E-state index contributed by atoms with van der Waals surface area (Å²) in [5, 5.41) is 7.83. The van der Waals surface area contributed by atoms with E-state index in [1.165, 1.54) is 7.05 Å². The lowest BCUT2D eigenvalue weighted by atomic mass is 9.75. The summed E-state index contributed by atoms with van der Waals surface area (Å²) in [6, 6.07) is -0.661. The third-order valence-corrected chi connectivity index (χ3v) is 3.52. The number of hydrogen-bond donors (Lipinski definition) is 3. The molecule has 0 heterocycles. The Balaban J connectivity index is 4.90. The molecular formula is C17H33N3O3. The van der Waals surface area contributed by atoms with Gasteiger partial charge in [-0.15, -0.1) is 0 Å². The second-order valence-electron chi connectivity index (χ2n) is 8.21. The first kappa shape index (κ1) is 21.4. The molecule has 134 valence electrons. The van der Waals surface area contributed by atoms with Gasteiger partial charge < -0.3 is 16.0 Å². The van der Waals surface area contributed by atoms with Crippen LogP contribution in [-0.2, 0) is 14.4 Å². The molecule has 0 fully saturated rings. The van der Waals surface area contributed by atoms with Crippen molar-refractivity contribution < 1.29 is 14.4 Å². The summed E-state index contributed by atoms with van der Waals surface area (Å²) in [7, 11) is 1.51. The molecule has 0 rings (SSSR count). The lowest BCUT2D eigenvalue weighted by Crippen LogP contribution is -2.54. The summed E-state index contributed by atoms with van der Waals surface area (Å²) < 4.78 is 0. The maximum absolute atomic E-state index is 12.6. The number of hydrogen-bond acceptors (Lipinski definition) is 3. The standard InChI is InChI=1S/C17H33N3O3/c1-11(2)13(14(22)19-9-12(21)18-8)20-15(23)17(6,7)10-16(3,4)5/h11,13H,9-10H2,1-8H3,(H,18,21)(H,19,22)(H,20,23)/t13-/m0/s1. The van der Waals surface area contributed by atoms with Crippen LogP contribution >= 0.6 is 0 Å². The van der Waals surface area contributed by atoms with Crippen LogP contribution in [0.2, 0.25) is 0 Å². The molecule has 3 amide bonds. The van der Waals surface area contributed by atoms with E-state index in [4.69, 9.17) is 0 Å². The maximum atomic E-state index is 12.6. The Morgan fingerprint density at radius 2 is 1.52 bits per heavy atom. The van der Waals surface area contributed by atoms with E-state index >= 15 is 0 Å². The topological polar surface area (TPSA) is 87.3 Å². The van der Waals surface area contributed by atoms with E-state index in [1.807, 2.05) is 27.7 Å². The van der Waals surface area contributed by atoms with Crippen LogP contribution in [0.4, 0.5) is 0 Å². The van der Waals surface area contributed by atoms with Crippen LogP contribution in [0.3, 0.4) is 0 Å². The van der Waals surface area contributed by atoms with Gasteiger partial charge in [-0.1, -0.05) is 48.5 Å². The van der Waals surface area contributed by atoms with Gasteiger partial charge >= 0.3 is 0 Å². The van der Waals surface area contributed by atoms with Gasteiger partial charge in [0, 0.05) is 12.5 Å². The fourth-order valence-electron chi connectivity index (χ4n) is 2.64. The van der Waals surface area contributed by atoms with Crippen LogP contribution in [0.15, 0.2) is 0 Å². The molecular weight excluding hydrogens is 294 g/mol. The molecule has 0 aromatic heterocycles. The summed E-state index contributed by atoms with van der Waals surface area (Å²) in [5.74, 6) is -0.848. The van der Waals surface area contributed by atoms with E-state index in [0.717, 1.165) is 0 Å². The SMILES string of the molecule is CNC(=O)CNC(=O)[C@@H](NC(=O)C(C)(C)CC(C)(C)C)C(C)C. The number of carbonyl (C=O) groups excluding carboxylic acids is 3. The Hall–Kier alpha value is -1.59. The van der Waals surface area contributed by atoms with Gasteiger partial charge in [0.15, 0.2) is 0 Å². The lowest BCUT2D eigenvalue weighted by Gasteiger charge is -2.33. The highest BCUT2D eigenvalue weighted by Crippen LogP contribution is 2.33. The zero-order valence-electron chi connectivity index (χ0n) is 15.8. The molecule has 0 saturated heterocycles. The minimum atomic E-state index is -0.661. The van der Waals surface area contributed by atoms with Crippen molar-refractivity contribution in [2.45, 2.75) is 60.9 Å². The minimum absolute atomic E-state index is 0.00956. The molecule has 0 saturated carbocycles. The van der Waals surface area contributed by atoms with E-state index in [1.54, 1.807) is 0 Å². The monoisotopic (exact) mass is 327 g/mol. The van der Waals surface area contributed by atoms with Gasteiger partial charge in [0.1, 0.15) is 6.04 Å². The largest absolute Gasteiger partial charge is 0.358 e. The number of amides is 3. The van der Waals surface area contributed by atoms with E-state index in [2.05, 4.69) is 36.7 Å². The van der Waals surface area contributed by atoms with Crippen molar-refractivity contribution in [2.75, 3.05) is 13.6 Å². The molecule has 0 radical (unpaired) electrons. The molecule has 0 aliphatic heterocycles. The van der Waals surface area contributed by atoms with E-state index in [9.17, 15) is 14.4 Å². The molecule has 1 atom stereocenters. The van der Waals surface area contributed by atoms with Crippen molar-refractivity contribution in [3.63, 3.8) is 0 Å². The quantitative estimate of drug-likeness (QED) is 0.661. The molecule has 0 spiro atoms. The highest BCUT2D eigenvalue weighted by Gasteiger charge is 2.35. The van der Waals surface area contributed by atoms with Crippen LogP contribution in [0, 0.1) is 16.7 Å². The van der Waals surface area contributed by atoms with Crippen molar-refractivity contribution in [1.82, 2.24) is 16.0 Å². The van der Waals surface area contributed by atoms with Gasteiger partial charge in [0.25, 0.3) is 0 Å². The summed E-state index contributed by atoms with van der Waals surface area (Å²) >= 11 is 0. The van der Waals surface area contributed by atoms with Crippen molar-refractivity contribution in [3.8, 4) is 0 Å². The number of likely N-dealkylation sites (N-methyl/N-ethyl adjacent to an activating group) is 1. The Bertz CT molecular complexity index is 437. The lowest BCUT2D eigenvalue weighted by molar-refractivity contribution is -0.136. The Labute approximate surface area is 140 Å². The van der Waals surface area contributed by atoms with E-state index in [-0.39, 0.29) is 35.6 Å². The number of nitrogens with one attached hydrogen (secondary N) is 3. The summed E-state index contributed by atoms with van der Waals surface area (Å²) in [6.07, 6.45) is 0.705. The van der Waals surface area contributed by atoms with Crippen LogP contribution in [0.1, 0.15) is 54.9 Å². The van der Waals surface area contributed by atoms with E-state index in [0.29, 0.717) is 6.42 Å². The Kier molecular flexibility index (Phi) is 7.74. The van der Waals surface area contributed by atoms with Crippen LogP contribution in [0.5, 0.6) is 0 Å². The van der Waals surface area contributed by atoms with Crippen LogP contribution in [0.25, 0.3) is 0 Å². The van der Waals surface area contributed by atoms with Gasteiger partial charge in [0.05, 0.1) is 6.54 Å². The molecule has 0 aromatic carbocycles. The number of carbonyl (C=O) groups is 3. The second kappa shape index (κ2) is 8.31. The Morgan fingerprint density at radius 3 is 1.91 bits per heavy atom. The molecule has 23 heavy (non-hydrogen) atoms. The minimum Gasteiger partial charge on any atom is -0.358 e. The van der Waals surface area contributed by atoms with Crippen molar-refractivity contribution in [2.24, 2.45) is 16.7 Å². The molecule has 0 aliphatic carbocycles. The molecule has 0 aromatic rings. The average Bonchev–Trinajstić information content (AvgIpc) is 2.38. The van der Waals surface area contributed by atoms with Crippen molar-refractivity contribution in [1.29, 1.82) is 0 Å². The van der Waals surface area contributed by atoms with Crippen LogP contribution < -0.4 is 16.0 Å². The van der Waals surface area contributed by atoms with Gasteiger partial charge in [-0.3, -0.25) is 14.4 Å². The zero-order chi connectivity index (χ0) is 18.4. The van der Waals surface area contributed by atoms with Gasteiger partial charge in [-0.05, 0) is 17.8 Å². The highest BCUT2D eigenvalue weighted by atomic mass is 16.2. The van der Waals surface area contributed by atoms with Crippen molar-refractivity contribution in [3.05, 3.63) is 0 Å². The predicted octanol–water partition coefficient (Wildman–Crippen LogP) is 1.45. The molecule has 6 nitrogen and oxygen atoms in total. The zero-order valence-corrected chi connectivity index (χ0v) is 15.8. The highest BCUT2D eigenvalue weighted by molar-refractivity contribution is 5.92. The first-order valence-corrected chi connectivity index (χ1v) is 8.09. The van der Waals surface area contributed by atoms with Crippen molar-refractivity contribution >= 4 is 17.7 Å². The third-order valence-electron chi connectivity index (χ3n) is 3.52. The summed E-state index contributed by atoms with van der Waals surface area (Å²) in [5.41, 5.74) is -0.567. The molecule has 0 bridgehead atoms. The van der Waals surface area contributed by atoms with Gasteiger partial charge in [-0.25, -0.2) is 0 Å². The Morgan fingerprint density at radius 1 is 1.00 bits per heavy atom. The first-order valence-electron chi connectivity index (χ1n) is 8.09. The third kappa shape index (κ3) is 8.00. The molecule has 3 N–H and O–H groups in total. The summed E-state index contributed by atoms with van der Waals surface area (Å²) in [6.45, 7) is 13.6. The molecule has 0 unspecified atom stereocenters. The second-order valence-corrected chi connectivity index (χ2v) is 8.21. The summed E-state index contributed by atoms with van der Waals surface area (Å²) in [4.78, 5) is 36.1. The predicted molar refractivity (Wildman–Crippen MR) is 91.7 cm³/mol. The molecule has 0 aliphatic rings. The fourth-order valence-corrected chi connectivity index (χ4v) is 2.64. The fraction of sp³-hybridized carbons (Fsp3) is 0.824. The average molecular weight is 327 g/mol. The maximum Gasteiger partial charge on any atom is 0.243 e. The number of rotatable bonds is 7. The smallest absolute Gasteiger partial charge is 0.243 e. The first-order chi connectivity index (χ1) is 10.3.